The zero-order valence-corrected chi connectivity index (χ0v) is 18.0. The number of hydrogen-bond donors (Lipinski definition) is 0. The molecule has 2 heterocycles. The SMILES string of the molecule is CCN(CC)S(=O)(=O)c1cc(C(=O)N2CCN(c3ccncc3)CC2)ccc1C. The van der Waals surface area contributed by atoms with E-state index in [0.29, 0.717) is 37.3 Å². The Kier molecular flexibility index (Phi) is 6.54. The Morgan fingerprint density at radius 1 is 1.03 bits per heavy atom. The van der Waals surface area contributed by atoms with Crippen molar-refractivity contribution in [3.05, 3.63) is 53.9 Å². The Hall–Kier alpha value is -2.45. The molecule has 0 aliphatic carbocycles. The van der Waals surface area contributed by atoms with Crippen LogP contribution in [0.5, 0.6) is 0 Å². The summed E-state index contributed by atoms with van der Waals surface area (Å²) in [5.74, 6) is -0.129. The van der Waals surface area contributed by atoms with Gasteiger partial charge in [-0.2, -0.15) is 4.31 Å². The van der Waals surface area contributed by atoms with E-state index in [1.54, 1.807) is 36.4 Å². The summed E-state index contributed by atoms with van der Waals surface area (Å²) >= 11 is 0. The van der Waals surface area contributed by atoms with Crippen LogP contribution in [0.15, 0.2) is 47.6 Å². The van der Waals surface area contributed by atoms with Gasteiger partial charge in [0.2, 0.25) is 10.0 Å². The average molecular weight is 417 g/mol. The molecule has 1 saturated heterocycles. The van der Waals surface area contributed by atoms with Crippen LogP contribution in [0.25, 0.3) is 0 Å². The lowest BCUT2D eigenvalue weighted by Crippen LogP contribution is -2.48. The Balaban J connectivity index is 1.77. The van der Waals surface area contributed by atoms with Crippen molar-refractivity contribution in [2.75, 3.05) is 44.2 Å². The summed E-state index contributed by atoms with van der Waals surface area (Å²) in [5, 5.41) is 0. The van der Waals surface area contributed by atoms with Gasteiger partial charge >= 0.3 is 0 Å². The van der Waals surface area contributed by atoms with E-state index in [1.807, 2.05) is 26.0 Å². The average Bonchev–Trinajstić information content (AvgIpc) is 2.75. The van der Waals surface area contributed by atoms with Gasteiger partial charge in [-0.05, 0) is 36.8 Å². The highest BCUT2D eigenvalue weighted by Crippen LogP contribution is 2.23. The lowest BCUT2D eigenvalue weighted by molar-refractivity contribution is 0.0746. The van der Waals surface area contributed by atoms with E-state index in [4.69, 9.17) is 0 Å². The fourth-order valence-corrected chi connectivity index (χ4v) is 5.33. The van der Waals surface area contributed by atoms with Crippen LogP contribution in [-0.4, -0.2) is 67.8 Å². The summed E-state index contributed by atoms with van der Waals surface area (Å²) in [6, 6.07) is 8.88. The van der Waals surface area contributed by atoms with Crippen LogP contribution in [0.1, 0.15) is 29.8 Å². The van der Waals surface area contributed by atoms with Gasteiger partial charge in [0.15, 0.2) is 0 Å². The van der Waals surface area contributed by atoms with Gasteiger partial charge < -0.3 is 9.80 Å². The van der Waals surface area contributed by atoms with E-state index in [2.05, 4.69) is 9.88 Å². The smallest absolute Gasteiger partial charge is 0.254 e. The zero-order chi connectivity index (χ0) is 21.0. The first-order chi connectivity index (χ1) is 13.9. The van der Waals surface area contributed by atoms with Crippen molar-refractivity contribution >= 4 is 21.6 Å². The Labute approximate surface area is 173 Å². The van der Waals surface area contributed by atoms with E-state index in [-0.39, 0.29) is 10.8 Å². The van der Waals surface area contributed by atoms with E-state index >= 15 is 0 Å². The van der Waals surface area contributed by atoms with Crippen molar-refractivity contribution in [3.63, 3.8) is 0 Å². The number of anilines is 1. The van der Waals surface area contributed by atoms with Crippen LogP contribution in [-0.2, 0) is 10.0 Å². The van der Waals surface area contributed by atoms with Crippen molar-refractivity contribution < 1.29 is 13.2 Å². The number of hydrogen-bond acceptors (Lipinski definition) is 5. The highest BCUT2D eigenvalue weighted by atomic mass is 32.2. The molecule has 2 aromatic rings. The second-order valence-electron chi connectivity index (χ2n) is 7.05. The first kappa shape index (κ1) is 21.3. The molecule has 0 bridgehead atoms. The molecule has 1 aliphatic heterocycles. The highest BCUT2D eigenvalue weighted by Gasteiger charge is 2.27. The Morgan fingerprint density at radius 3 is 2.24 bits per heavy atom. The fourth-order valence-electron chi connectivity index (χ4n) is 3.62. The van der Waals surface area contributed by atoms with Gasteiger partial charge in [0, 0.05) is 62.9 Å². The molecule has 156 valence electrons. The maximum absolute atomic E-state index is 13.0. The molecule has 0 N–H and O–H groups in total. The van der Waals surface area contributed by atoms with Crippen molar-refractivity contribution in [2.24, 2.45) is 0 Å². The monoisotopic (exact) mass is 416 g/mol. The summed E-state index contributed by atoms with van der Waals surface area (Å²) < 4.78 is 27.3. The fraction of sp³-hybridized carbons (Fsp3) is 0.429. The van der Waals surface area contributed by atoms with Gasteiger partial charge in [0.25, 0.3) is 5.91 Å². The largest absolute Gasteiger partial charge is 0.368 e. The summed E-state index contributed by atoms with van der Waals surface area (Å²) in [6.07, 6.45) is 3.52. The zero-order valence-electron chi connectivity index (χ0n) is 17.2. The first-order valence-corrected chi connectivity index (χ1v) is 11.4. The lowest BCUT2D eigenvalue weighted by atomic mass is 10.1. The van der Waals surface area contributed by atoms with E-state index in [0.717, 1.165) is 18.8 Å². The molecule has 1 aromatic heterocycles. The van der Waals surface area contributed by atoms with Crippen molar-refractivity contribution in [3.8, 4) is 0 Å². The van der Waals surface area contributed by atoms with Crippen LogP contribution in [0.4, 0.5) is 5.69 Å². The topological polar surface area (TPSA) is 73.8 Å². The minimum Gasteiger partial charge on any atom is -0.368 e. The molecule has 8 heteroatoms. The highest BCUT2D eigenvalue weighted by molar-refractivity contribution is 7.89. The number of sulfonamides is 1. The summed E-state index contributed by atoms with van der Waals surface area (Å²) in [7, 11) is -3.61. The molecule has 3 rings (SSSR count). The molecule has 1 aliphatic rings. The van der Waals surface area contributed by atoms with Gasteiger partial charge in [-0.1, -0.05) is 19.9 Å². The molecule has 7 nitrogen and oxygen atoms in total. The third-order valence-corrected chi connectivity index (χ3v) is 7.54. The first-order valence-electron chi connectivity index (χ1n) is 9.93. The number of carbonyl (C=O) groups excluding carboxylic acids is 1. The maximum Gasteiger partial charge on any atom is 0.254 e. The van der Waals surface area contributed by atoms with Gasteiger partial charge in [0.1, 0.15) is 0 Å². The lowest BCUT2D eigenvalue weighted by Gasteiger charge is -2.36. The Bertz CT molecular complexity index is 951. The third-order valence-electron chi connectivity index (χ3n) is 5.35. The number of aromatic nitrogens is 1. The minimum atomic E-state index is -3.61. The van der Waals surface area contributed by atoms with Crippen molar-refractivity contribution in [1.82, 2.24) is 14.2 Å². The molecule has 0 saturated carbocycles. The molecule has 0 atom stereocenters. The minimum absolute atomic E-state index is 0.129. The standard InChI is InChI=1S/C21H28N4O3S/c1-4-25(5-2)29(27,28)20-16-18(7-6-17(20)3)21(26)24-14-12-23(13-15-24)19-8-10-22-11-9-19/h6-11,16H,4-5,12-15H2,1-3H3. The van der Waals surface area contributed by atoms with E-state index in [9.17, 15) is 13.2 Å². The van der Waals surface area contributed by atoms with Crippen LogP contribution in [0.2, 0.25) is 0 Å². The maximum atomic E-state index is 13.0. The van der Waals surface area contributed by atoms with Gasteiger partial charge in [0.05, 0.1) is 4.90 Å². The molecular weight excluding hydrogens is 388 g/mol. The number of aryl methyl sites for hydroxylation is 1. The summed E-state index contributed by atoms with van der Waals surface area (Å²) in [6.45, 7) is 8.82. The molecule has 29 heavy (non-hydrogen) atoms. The predicted molar refractivity (Wildman–Crippen MR) is 114 cm³/mol. The number of piperazine rings is 1. The summed E-state index contributed by atoms with van der Waals surface area (Å²) in [5.41, 5.74) is 2.16. The molecule has 0 unspecified atom stereocenters. The number of benzene rings is 1. The quantitative estimate of drug-likeness (QED) is 0.723. The van der Waals surface area contributed by atoms with Gasteiger partial charge in [-0.25, -0.2) is 8.42 Å². The van der Waals surface area contributed by atoms with Crippen LogP contribution in [0.3, 0.4) is 0 Å². The molecule has 1 fully saturated rings. The van der Waals surface area contributed by atoms with Crippen LogP contribution in [0, 0.1) is 6.92 Å². The molecular formula is C21H28N4O3S. The number of carbonyl (C=O) groups is 1. The van der Waals surface area contributed by atoms with E-state index in [1.165, 1.54) is 10.4 Å². The number of nitrogens with zero attached hydrogens (tertiary/aromatic N) is 4. The second-order valence-corrected chi connectivity index (χ2v) is 8.96. The van der Waals surface area contributed by atoms with Crippen molar-refractivity contribution in [1.29, 1.82) is 0 Å². The molecule has 1 aromatic carbocycles. The molecule has 0 radical (unpaired) electrons. The normalized spacial score (nSPS) is 15.0. The molecule has 0 spiro atoms. The number of rotatable bonds is 6. The van der Waals surface area contributed by atoms with Gasteiger partial charge in [-0.3, -0.25) is 9.78 Å². The summed E-state index contributed by atoms with van der Waals surface area (Å²) in [4.78, 5) is 21.3. The van der Waals surface area contributed by atoms with E-state index < -0.39 is 10.0 Å². The second kappa shape index (κ2) is 8.92. The third kappa shape index (κ3) is 4.43. The predicted octanol–water partition coefficient (Wildman–Crippen LogP) is 2.38. The Morgan fingerprint density at radius 2 is 1.66 bits per heavy atom. The number of pyridine rings is 1. The molecule has 1 amide bonds. The van der Waals surface area contributed by atoms with Crippen LogP contribution >= 0.6 is 0 Å². The number of amides is 1. The van der Waals surface area contributed by atoms with Crippen LogP contribution < -0.4 is 4.90 Å². The van der Waals surface area contributed by atoms with Crippen molar-refractivity contribution in [2.45, 2.75) is 25.7 Å². The van der Waals surface area contributed by atoms with Gasteiger partial charge in [-0.15, -0.1) is 0 Å².